The molecule has 0 saturated heterocycles. The lowest BCUT2D eigenvalue weighted by atomic mass is 9.68. The van der Waals surface area contributed by atoms with Crippen molar-refractivity contribution < 1.29 is 0 Å². The molecule has 0 aromatic heterocycles. The average Bonchev–Trinajstić information content (AvgIpc) is 3.76. The molecule has 0 heterocycles. The molecule has 1 spiro atoms. The Hall–Kier alpha value is -7.22. The maximum atomic E-state index is 2.56. The summed E-state index contributed by atoms with van der Waals surface area (Å²) in [6.07, 6.45) is 6.26. The molecule has 0 unspecified atom stereocenters. The Labute approximate surface area is 378 Å². The zero-order chi connectivity index (χ0) is 42.8. The van der Waals surface area contributed by atoms with Crippen molar-refractivity contribution >= 4 is 17.1 Å². The van der Waals surface area contributed by atoms with E-state index < -0.39 is 0 Å². The summed E-state index contributed by atoms with van der Waals surface area (Å²) in [6, 6.07) is 79.4. The summed E-state index contributed by atoms with van der Waals surface area (Å²) in [4.78, 5) is 2.54. The van der Waals surface area contributed by atoms with Crippen LogP contribution in [0.1, 0.15) is 68.2 Å². The van der Waals surface area contributed by atoms with E-state index in [0.29, 0.717) is 0 Å². The van der Waals surface area contributed by atoms with Crippen molar-refractivity contribution in [1.82, 2.24) is 0 Å². The van der Waals surface area contributed by atoms with E-state index in [1.54, 1.807) is 0 Å². The van der Waals surface area contributed by atoms with Crippen LogP contribution >= 0.6 is 0 Å². The molecule has 3 aliphatic rings. The summed E-state index contributed by atoms with van der Waals surface area (Å²) >= 11 is 0. The van der Waals surface area contributed by atoms with Crippen molar-refractivity contribution in [3.8, 4) is 66.8 Å². The molecule has 3 aliphatic carbocycles. The quantitative estimate of drug-likeness (QED) is 0.155. The molecular weight excluding hydrogens is 771 g/mol. The van der Waals surface area contributed by atoms with E-state index in [9.17, 15) is 0 Å². The van der Waals surface area contributed by atoms with Gasteiger partial charge in [0.25, 0.3) is 0 Å². The van der Waals surface area contributed by atoms with Gasteiger partial charge in [-0.15, -0.1) is 0 Å². The smallest absolute Gasteiger partial charge is 0.0540 e. The molecule has 0 radical (unpaired) electrons. The first-order chi connectivity index (χ1) is 31.5. The van der Waals surface area contributed by atoms with Crippen molar-refractivity contribution in [2.24, 2.45) is 0 Å². The molecule has 0 atom stereocenters. The minimum Gasteiger partial charge on any atom is -0.310 e. The minimum atomic E-state index is -0.145. The fraction of sp³-hybridized carbons (Fsp3) is 0.143. The van der Waals surface area contributed by atoms with Gasteiger partial charge in [0.1, 0.15) is 0 Å². The number of hydrogen-bond donors (Lipinski definition) is 0. The molecule has 0 N–H and O–H groups in total. The zero-order valence-corrected chi connectivity index (χ0v) is 36.7. The Morgan fingerprint density at radius 2 is 0.797 bits per heavy atom. The summed E-state index contributed by atoms with van der Waals surface area (Å²) in [5, 5.41) is 0. The van der Waals surface area contributed by atoms with Gasteiger partial charge in [0.05, 0.1) is 5.69 Å². The average molecular weight is 822 g/mol. The molecule has 9 aromatic rings. The van der Waals surface area contributed by atoms with Gasteiger partial charge in [0.15, 0.2) is 0 Å². The third-order valence-electron chi connectivity index (χ3n) is 14.9. The van der Waals surface area contributed by atoms with Gasteiger partial charge in [0.2, 0.25) is 0 Å². The van der Waals surface area contributed by atoms with E-state index in [1.165, 1.54) is 132 Å². The number of nitrogens with zero attached hydrogens (tertiary/aromatic N) is 1. The number of para-hydroxylation sites is 1. The molecule has 0 aliphatic heterocycles. The lowest BCUT2D eigenvalue weighted by molar-refractivity contribution is 0.353. The van der Waals surface area contributed by atoms with Gasteiger partial charge in [0, 0.05) is 27.8 Å². The number of hydrogen-bond acceptors (Lipinski definition) is 1. The molecule has 12 rings (SSSR count). The molecule has 9 aromatic carbocycles. The van der Waals surface area contributed by atoms with E-state index in [2.05, 4.69) is 231 Å². The second-order valence-corrected chi connectivity index (χ2v) is 18.7. The first-order valence-corrected chi connectivity index (χ1v) is 23.2. The van der Waals surface area contributed by atoms with Crippen LogP contribution in [0.15, 0.2) is 212 Å². The highest BCUT2D eigenvalue weighted by Gasteiger charge is 2.44. The highest BCUT2D eigenvalue weighted by Crippen LogP contribution is 2.58. The van der Waals surface area contributed by atoms with Gasteiger partial charge in [-0.3, -0.25) is 0 Å². The van der Waals surface area contributed by atoms with Crippen LogP contribution in [0.3, 0.4) is 0 Å². The Bertz CT molecular complexity index is 3200. The fourth-order valence-corrected chi connectivity index (χ4v) is 11.9. The summed E-state index contributed by atoms with van der Waals surface area (Å²) in [5.41, 5.74) is 24.6. The van der Waals surface area contributed by atoms with E-state index in [1.807, 2.05) is 0 Å². The van der Waals surface area contributed by atoms with Gasteiger partial charge in [-0.05, 0) is 127 Å². The lowest BCUT2D eigenvalue weighted by Gasteiger charge is -2.37. The molecule has 1 nitrogen and oxygen atoms in total. The molecule has 1 saturated carbocycles. The zero-order valence-electron chi connectivity index (χ0n) is 36.7. The predicted molar refractivity (Wildman–Crippen MR) is 270 cm³/mol. The van der Waals surface area contributed by atoms with Crippen LogP contribution in [0.4, 0.5) is 17.1 Å². The summed E-state index contributed by atoms with van der Waals surface area (Å²) in [6.45, 7) is 4.80. The van der Waals surface area contributed by atoms with Gasteiger partial charge in [-0.2, -0.15) is 0 Å². The number of anilines is 3. The summed E-state index contributed by atoms with van der Waals surface area (Å²) < 4.78 is 0. The SMILES string of the molecule is CC1(C)c2ccccc2-c2cccc(-c3ccccc3N(c3ccc(-c4ccc(-c5ccccc5-c5ccccc5)cc4)cc3)c3ccc4c(c3)C3(CCCCC3)c3ccccc3-4)c21. The molecule has 0 amide bonds. The third-order valence-corrected chi connectivity index (χ3v) is 14.9. The van der Waals surface area contributed by atoms with Crippen LogP contribution in [-0.4, -0.2) is 0 Å². The summed E-state index contributed by atoms with van der Waals surface area (Å²) in [7, 11) is 0. The highest BCUT2D eigenvalue weighted by atomic mass is 15.1. The maximum absolute atomic E-state index is 2.56. The molecule has 0 bridgehead atoms. The van der Waals surface area contributed by atoms with Gasteiger partial charge < -0.3 is 4.90 Å². The normalized spacial score (nSPS) is 15.0. The van der Waals surface area contributed by atoms with Crippen LogP contribution in [0, 0.1) is 0 Å². The number of benzene rings is 9. The molecule has 64 heavy (non-hydrogen) atoms. The van der Waals surface area contributed by atoms with Crippen molar-refractivity contribution in [1.29, 1.82) is 0 Å². The Balaban J connectivity index is 0.988. The topological polar surface area (TPSA) is 3.24 Å². The largest absolute Gasteiger partial charge is 0.310 e. The van der Waals surface area contributed by atoms with Crippen molar-refractivity contribution in [2.75, 3.05) is 4.90 Å². The van der Waals surface area contributed by atoms with Gasteiger partial charge in [-0.1, -0.05) is 215 Å². The van der Waals surface area contributed by atoms with Crippen LogP contribution in [0.25, 0.3) is 66.8 Å². The molecule has 308 valence electrons. The van der Waals surface area contributed by atoms with Crippen molar-refractivity contribution in [3.63, 3.8) is 0 Å². The second-order valence-electron chi connectivity index (χ2n) is 18.7. The second kappa shape index (κ2) is 15.2. The van der Waals surface area contributed by atoms with Crippen LogP contribution < -0.4 is 4.90 Å². The Morgan fingerprint density at radius 1 is 0.328 bits per heavy atom. The monoisotopic (exact) mass is 821 g/mol. The van der Waals surface area contributed by atoms with Crippen LogP contribution in [0.2, 0.25) is 0 Å². The van der Waals surface area contributed by atoms with Gasteiger partial charge >= 0.3 is 0 Å². The van der Waals surface area contributed by atoms with Crippen molar-refractivity contribution in [2.45, 2.75) is 56.8 Å². The van der Waals surface area contributed by atoms with E-state index in [0.717, 1.165) is 5.69 Å². The van der Waals surface area contributed by atoms with Gasteiger partial charge in [-0.25, -0.2) is 0 Å². The molecular formula is C63H51N. The first kappa shape index (κ1) is 38.5. The first-order valence-electron chi connectivity index (χ1n) is 23.2. The van der Waals surface area contributed by atoms with E-state index in [-0.39, 0.29) is 10.8 Å². The predicted octanol–water partition coefficient (Wildman–Crippen LogP) is 17.4. The summed E-state index contributed by atoms with van der Waals surface area (Å²) in [5.74, 6) is 0. The number of fused-ring (bicyclic) bond motifs is 8. The van der Waals surface area contributed by atoms with Crippen LogP contribution in [-0.2, 0) is 10.8 Å². The van der Waals surface area contributed by atoms with Crippen LogP contribution in [0.5, 0.6) is 0 Å². The standard InChI is InChI=1S/C63H51N/c1-62(2)57-27-12-9-23-52(57)55-25-17-26-56(61(55)62)54-24-11-14-29-60(54)64(48-38-39-53-51-22-10-13-28-58(51)63(59(53)42-48)40-15-4-16-41-63)47-36-34-44(35-37-47)43-30-32-46(33-31-43)50-21-8-7-20-49(50)45-18-5-3-6-19-45/h3,5-14,17-39,42H,4,15-16,40-41H2,1-2H3. The maximum Gasteiger partial charge on any atom is 0.0540 e. The Morgan fingerprint density at radius 3 is 1.48 bits per heavy atom. The van der Waals surface area contributed by atoms with E-state index >= 15 is 0 Å². The third kappa shape index (κ3) is 6.05. The highest BCUT2D eigenvalue weighted by molar-refractivity contribution is 5.96. The molecule has 1 heteroatoms. The minimum absolute atomic E-state index is 0.0546. The number of rotatable bonds is 7. The van der Waals surface area contributed by atoms with E-state index in [4.69, 9.17) is 0 Å². The Kier molecular flexibility index (Phi) is 9.16. The molecule has 1 fully saturated rings. The van der Waals surface area contributed by atoms with Crippen molar-refractivity contribution in [3.05, 3.63) is 235 Å². The lowest BCUT2D eigenvalue weighted by Crippen LogP contribution is -2.28. The fourth-order valence-electron chi connectivity index (χ4n) is 11.9.